The van der Waals surface area contributed by atoms with Gasteiger partial charge in [0.15, 0.2) is 5.96 Å². The van der Waals surface area contributed by atoms with Gasteiger partial charge in [-0.05, 0) is 39.0 Å². The Balaban J connectivity index is 2.55. The van der Waals surface area contributed by atoms with Gasteiger partial charge in [0.05, 0.1) is 5.41 Å². The predicted octanol–water partition coefficient (Wildman–Crippen LogP) is 2.67. The standard InChI is InChI=1S/C18H21F5N4O3/c1-15(2)13(29)27(4)14(24)26-16(15,3)10-8-9(6-7-11(10)19)25-12(28)17(20,30-5)18(21,22)23/h6-8H,1-5H3,(H2,24,26)(H,25,28). The Morgan fingerprint density at radius 2 is 1.80 bits per heavy atom. The summed E-state index contributed by atoms with van der Waals surface area (Å²) >= 11 is 0. The van der Waals surface area contributed by atoms with Crippen molar-refractivity contribution >= 4 is 23.5 Å². The molecule has 0 aromatic heterocycles. The summed E-state index contributed by atoms with van der Waals surface area (Å²) in [6.07, 6.45) is -5.65. The highest BCUT2D eigenvalue weighted by Crippen LogP contribution is 2.47. The molecule has 0 spiro atoms. The Kier molecular flexibility index (Phi) is 5.63. The number of aliphatic imine (C=N–C) groups is 1. The summed E-state index contributed by atoms with van der Waals surface area (Å²) in [4.78, 5) is 29.9. The number of nitrogens with zero attached hydrogens (tertiary/aromatic N) is 2. The molecule has 0 bridgehead atoms. The van der Waals surface area contributed by atoms with Crippen molar-refractivity contribution in [2.45, 2.75) is 38.3 Å². The van der Waals surface area contributed by atoms with Crippen LogP contribution >= 0.6 is 0 Å². The number of ether oxygens (including phenoxy) is 1. The second-order valence-corrected chi connectivity index (χ2v) is 7.48. The molecule has 2 rings (SSSR count). The van der Waals surface area contributed by atoms with Crippen LogP contribution < -0.4 is 11.1 Å². The second kappa shape index (κ2) is 7.18. The summed E-state index contributed by atoms with van der Waals surface area (Å²) in [6, 6.07) is 2.75. The lowest BCUT2D eigenvalue weighted by Gasteiger charge is -2.46. The molecule has 1 aliphatic rings. The molecule has 0 saturated carbocycles. The smallest absolute Gasteiger partial charge is 0.369 e. The normalized spacial score (nSPS) is 23.6. The van der Waals surface area contributed by atoms with Crippen molar-refractivity contribution in [3.8, 4) is 0 Å². The Morgan fingerprint density at radius 1 is 1.23 bits per heavy atom. The van der Waals surface area contributed by atoms with Gasteiger partial charge >= 0.3 is 12.0 Å². The first-order valence-electron chi connectivity index (χ1n) is 8.58. The van der Waals surface area contributed by atoms with Crippen molar-refractivity contribution in [2.75, 3.05) is 19.5 Å². The molecule has 1 heterocycles. The van der Waals surface area contributed by atoms with Crippen molar-refractivity contribution in [1.29, 1.82) is 0 Å². The summed E-state index contributed by atoms with van der Waals surface area (Å²) in [5.41, 5.74) is 2.27. The molecule has 0 saturated heterocycles. The fourth-order valence-electron chi connectivity index (χ4n) is 3.10. The van der Waals surface area contributed by atoms with Crippen LogP contribution in [0.25, 0.3) is 0 Å². The first kappa shape index (κ1) is 23.5. The first-order chi connectivity index (χ1) is 13.5. The number of nitrogens with two attached hydrogens (primary N) is 1. The number of alkyl halides is 4. The van der Waals surface area contributed by atoms with Crippen molar-refractivity contribution in [3.63, 3.8) is 0 Å². The average molecular weight is 436 g/mol. The maximum Gasteiger partial charge on any atom is 0.458 e. The number of nitrogens with one attached hydrogen (secondary N) is 1. The van der Waals surface area contributed by atoms with E-state index in [1.54, 1.807) is 5.32 Å². The highest BCUT2D eigenvalue weighted by atomic mass is 19.4. The number of rotatable bonds is 4. The molecule has 1 aromatic rings. The second-order valence-electron chi connectivity index (χ2n) is 7.48. The highest BCUT2D eigenvalue weighted by Gasteiger charge is 2.63. The maximum absolute atomic E-state index is 14.7. The molecule has 2 atom stereocenters. The van der Waals surface area contributed by atoms with Crippen LogP contribution in [-0.4, -0.2) is 48.9 Å². The minimum absolute atomic E-state index is 0.199. The number of hydrogen-bond acceptors (Lipinski definition) is 5. The van der Waals surface area contributed by atoms with Gasteiger partial charge in [-0.25, -0.2) is 9.38 Å². The monoisotopic (exact) mass is 436 g/mol. The van der Waals surface area contributed by atoms with Crippen LogP contribution in [0, 0.1) is 11.2 Å². The number of benzene rings is 1. The van der Waals surface area contributed by atoms with Crippen LogP contribution in [0.1, 0.15) is 26.3 Å². The van der Waals surface area contributed by atoms with E-state index in [2.05, 4.69) is 9.73 Å². The zero-order chi connectivity index (χ0) is 23.3. The Labute approximate surface area is 169 Å². The minimum atomic E-state index is -5.65. The molecule has 0 aliphatic carbocycles. The number of carbonyl (C=O) groups is 2. The highest BCUT2D eigenvalue weighted by molar-refractivity contribution is 6.02. The molecular weight excluding hydrogens is 415 g/mol. The molecule has 1 aromatic carbocycles. The van der Waals surface area contributed by atoms with Crippen molar-refractivity contribution in [3.05, 3.63) is 29.6 Å². The third-order valence-corrected chi connectivity index (χ3v) is 5.42. The van der Waals surface area contributed by atoms with Crippen LogP contribution in [-0.2, 0) is 19.9 Å². The summed E-state index contributed by atoms with van der Waals surface area (Å²) in [7, 11) is 1.77. The topological polar surface area (TPSA) is 97.0 Å². The average Bonchev–Trinajstić information content (AvgIpc) is 2.65. The molecule has 30 heavy (non-hydrogen) atoms. The summed E-state index contributed by atoms with van der Waals surface area (Å²) in [6.45, 7) is 4.40. The van der Waals surface area contributed by atoms with E-state index in [9.17, 15) is 31.5 Å². The summed E-state index contributed by atoms with van der Waals surface area (Å²) < 4.78 is 71.1. The molecule has 2 amide bonds. The molecule has 2 unspecified atom stereocenters. The molecule has 0 fully saturated rings. The molecule has 0 radical (unpaired) electrons. The van der Waals surface area contributed by atoms with Crippen molar-refractivity contribution < 1.29 is 36.3 Å². The lowest BCUT2D eigenvalue weighted by molar-refractivity contribution is -0.305. The van der Waals surface area contributed by atoms with Crippen LogP contribution in [0.5, 0.6) is 0 Å². The Bertz CT molecular complexity index is 918. The van der Waals surface area contributed by atoms with Gasteiger partial charge < -0.3 is 15.8 Å². The fraction of sp³-hybridized carbons (Fsp3) is 0.500. The van der Waals surface area contributed by atoms with Crippen LogP contribution in [0.4, 0.5) is 27.6 Å². The van der Waals surface area contributed by atoms with E-state index in [1.165, 1.54) is 27.8 Å². The lowest BCUT2D eigenvalue weighted by Crippen LogP contribution is -2.58. The number of anilines is 1. The number of methoxy groups -OCH3 is 1. The summed E-state index contributed by atoms with van der Waals surface area (Å²) in [5, 5.41) is 1.72. The van der Waals surface area contributed by atoms with E-state index >= 15 is 0 Å². The van der Waals surface area contributed by atoms with E-state index in [0.29, 0.717) is 7.11 Å². The predicted molar refractivity (Wildman–Crippen MR) is 97.5 cm³/mol. The van der Waals surface area contributed by atoms with E-state index in [1.807, 2.05) is 0 Å². The van der Waals surface area contributed by atoms with Gasteiger partial charge in [-0.3, -0.25) is 14.5 Å². The van der Waals surface area contributed by atoms with Gasteiger partial charge in [-0.2, -0.15) is 17.6 Å². The van der Waals surface area contributed by atoms with E-state index in [4.69, 9.17) is 5.73 Å². The number of carbonyl (C=O) groups excluding carboxylic acids is 2. The van der Waals surface area contributed by atoms with E-state index in [-0.39, 0.29) is 17.2 Å². The lowest BCUT2D eigenvalue weighted by atomic mass is 9.67. The van der Waals surface area contributed by atoms with Crippen molar-refractivity contribution in [2.24, 2.45) is 16.1 Å². The van der Waals surface area contributed by atoms with Gasteiger partial charge in [0.25, 0.3) is 5.91 Å². The van der Waals surface area contributed by atoms with Gasteiger partial charge in [0.1, 0.15) is 11.4 Å². The van der Waals surface area contributed by atoms with Crippen LogP contribution in [0.15, 0.2) is 23.2 Å². The molecule has 12 heteroatoms. The zero-order valence-electron chi connectivity index (χ0n) is 16.8. The zero-order valence-corrected chi connectivity index (χ0v) is 16.8. The molecule has 3 N–H and O–H groups in total. The Morgan fingerprint density at radius 3 is 2.30 bits per heavy atom. The number of amides is 2. The number of hydrogen-bond donors (Lipinski definition) is 2. The van der Waals surface area contributed by atoms with Gasteiger partial charge in [0.2, 0.25) is 5.91 Å². The molecule has 7 nitrogen and oxygen atoms in total. The molecule has 166 valence electrons. The molecular formula is C18H21F5N4O3. The quantitative estimate of drug-likeness (QED) is 0.710. The van der Waals surface area contributed by atoms with E-state index < -0.39 is 40.6 Å². The third kappa shape index (κ3) is 3.38. The van der Waals surface area contributed by atoms with Crippen LogP contribution in [0.3, 0.4) is 0 Å². The molecule has 1 aliphatic heterocycles. The largest absolute Gasteiger partial charge is 0.458 e. The van der Waals surface area contributed by atoms with E-state index in [0.717, 1.165) is 23.1 Å². The number of guanidine groups is 1. The van der Waals surface area contributed by atoms with Gasteiger partial charge in [-0.15, -0.1) is 0 Å². The van der Waals surface area contributed by atoms with Crippen molar-refractivity contribution in [1.82, 2.24) is 4.90 Å². The van der Waals surface area contributed by atoms with Gasteiger partial charge in [0, 0.05) is 25.4 Å². The minimum Gasteiger partial charge on any atom is -0.369 e. The van der Waals surface area contributed by atoms with Crippen LogP contribution in [0.2, 0.25) is 0 Å². The maximum atomic E-state index is 14.7. The number of halogens is 5. The third-order valence-electron chi connectivity index (χ3n) is 5.42. The van der Waals surface area contributed by atoms with Gasteiger partial charge in [-0.1, -0.05) is 0 Å². The first-order valence-corrected chi connectivity index (χ1v) is 8.58. The Hall–Kier alpha value is -2.76. The summed E-state index contributed by atoms with van der Waals surface area (Å²) in [5.74, 6) is -8.30. The SMILES string of the molecule is COC(F)(C(=O)Nc1ccc(F)c(C2(C)N=C(N)N(C)C(=O)C2(C)C)c1)C(F)(F)F. The fourth-order valence-corrected chi connectivity index (χ4v) is 3.10.